The molecule has 0 aliphatic carbocycles. The normalized spacial score (nSPS) is 18.9. The molecule has 2 heteroatoms. The maximum absolute atomic E-state index is 7.67. The molecule has 0 aromatic heterocycles. The Morgan fingerprint density at radius 1 is 1.55 bits per heavy atom. The van der Waals surface area contributed by atoms with Crippen molar-refractivity contribution in [1.82, 2.24) is 0 Å². The van der Waals surface area contributed by atoms with Crippen LogP contribution in [-0.4, -0.2) is 6.02 Å². The first-order valence-electron chi connectivity index (χ1n) is 4.74. The van der Waals surface area contributed by atoms with E-state index in [0.717, 1.165) is 5.56 Å². The van der Waals surface area contributed by atoms with Gasteiger partial charge in [0.1, 0.15) is 2.82 Å². The lowest BCUT2D eigenvalue weighted by molar-refractivity contribution is 0.738. The van der Waals surface area contributed by atoms with E-state index in [4.69, 9.17) is 4.19 Å². The molecule has 1 atom stereocenters. The predicted octanol–water partition coefficient (Wildman–Crippen LogP) is 2.00. The van der Waals surface area contributed by atoms with E-state index in [2.05, 4.69) is 0 Å². The Kier molecular flexibility index (Phi) is 2.83. The van der Waals surface area contributed by atoms with Crippen LogP contribution in [0.25, 0.3) is 0 Å². The summed E-state index contributed by atoms with van der Waals surface area (Å²) in [5.74, 6) is 0. The van der Waals surface area contributed by atoms with E-state index < -0.39 is 6.02 Å². The van der Waals surface area contributed by atoms with Crippen LogP contribution in [0.4, 0.5) is 0 Å². The zero-order chi connectivity index (χ0) is 9.90. The van der Waals surface area contributed by atoms with Crippen LogP contribution in [0.3, 0.4) is 0 Å². The van der Waals surface area contributed by atoms with Gasteiger partial charge in [0.05, 0.1) is 0 Å². The highest BCUT2D eigenvalue weighted by atomic mass is 35.5. The van der Waals surface area contributed by atoms with Gasteiger partial charge in [0.2, 0.25) is 0 Å². The van der Waals surface area contributed by atoms with Crippen molar-refractivity contribution >= 4 is 12.4 Å². The molecule has 1 aromatic carbocycles. The van der Waals surface area contributed by atoms with Crippen LogP contribution in [0.15, 0.2) is 30.3 Å². The minimum absolute atomic E-state index is 0. The monoisotopic (exact) mass is 174 g/mol. The zero-order valence-corrected chi connectivity index (χ0v) is 7.27. The zero-order valence-electron chi connectivity index (χ0n) is 9.45. The molecule has 11 heavy (non-hydrogen) atoms. The molecule has 0 saturated heterocycles. The standard InChI is InChI=1S/C9H13N.ClH/c1-8(10)7-9-5-3-2-4-6-9;/h2-6,8H,7,10H2,1H3;1H/t8-;/m0./s1/i8D;/hD2. The molecule has 1 nitrogen and oxygen atoms in total. The SMILES string of the molecule is Cl.[2H]N([2H])[C@@]([2H])(C)Cc1ccccc1. The first-order chi connectivity index (χ1) is 6.02. The Bertz CT molecular complexity index is 264. The van der Waals surface area contributed by atoms with Crippen LogP contribution in [0.5, 0.6) is 0 Å². The van der Waals surface area contributed by atoms with Gasteiger partial charge in [-0.05, 0) is 18.9 Å². The van der Waals surface area contributed by atoms with E-state index in [-0.39, 0.29) is 12.4 Å². The average Bonchev–Trinajstić information content (AvgIpc) is 2.05. The summed E-state index contributed by atoms with van der Waals surface area (Å²) in [4.78, 5) is 0. The van der Waals surface area contributed by atoms with Crippen molar-refractivity contribution < 1.29 is 4.19 Å². The fourth-order valence-electron chi connectivity index (χ4n) is 0.891. The van der Waals surface area contributed by atoms with Gasteiger partial charge in [-0.1, -0.05) is 30.3 Å². The molecule has 0 aliphatic heterocycles. The number of benzene rings is 1. The van der Waals surface area contributed by atoms with Crippen molar-refractivity contribution in [1.29, 1.82) is 0 Å². The van der Waals surface area contributed by atoms with Gasteiger partial charge in [-0.2, -0.15) is 0 Å². The Balaban J connectivity index is 0.00000169. The van der Waals surface area contributed by atoms with Crippen LogP contribution in [-0.2, 0) is 6.42 Å². The van der Waals surface area contributed by atoms with Gasteiger partial charge in [-0.25, -0.2) is 0 Å². The summed E-state index contributed by atoms with van der Waals surface area (Å²) >= 11 is 0. The summed E-state index contributed by atoms with van der Waals surface area (Å²) in [6, 6.07) is 8.31. The second-order valence-corrected chi connectivity index (χ2v) is 2.40. The summed E-state index contributed by atoms with van der Waals surface area (Å²) in [5, 5.41) is 0. The third-order valence-corrected chi connectivity index (χ3v) is 1.30. The molecule has 0 unspecified atom stereocenters. The number of hydrogen-bond acceptors (Lipinski definition) is 1. The molecule has 2 N–H and O–H groups in total. The van der Waals surface area contributed by atoms with Crippen molar-refractivity contribution in [3.05, 3.63) is 35.9 Å². The van der Waals surface area contributed by atoms with E-state index in [1.54, 1.807) is 6.92 Å². The Morgan fingerprint density at radius 3 is 2.73 bits per heavy atom. The number of hydrogen-bond donors (Lipinski definition) is 1. The molecule has 0 amide bonds. The molecule has 0 aliphatic rings. The number of rotatable bonds is 3. The van der Waals surface area contributed by atoms with E-state index in [1.165, 1.54) is 0 Å². The second kappa shape index (κ2) is 5.16. The molecule has 0 spiro atoms. The fourth-order valence-corrected chi connectivity index (χ4v) is 0.891. The minimum Gasteiger partial charge on any atom is -0.328 e. The first-order valence-corrected chi connectivity index (χ1v) is 3.34. The average molecular weight is 175 g/mol. The van der Waals surface area contributed by atoms with Gasteiger partial charge < -0.3 is 5.72 Å². The number of nitrogens with two attached hydrogens (primary N) is 1. The molecule has 1 rings (SSSR count). The van der Waals surface area contributed by atoms with Crippen molar-refractivity contribution in [2.24, 2.45) is 5.72 Å². The predicted molar refractivity (Wildman–Crippen MR) is 51.0 cm³/mol. The lowest BCUT2D eigenvalue weighted by Gasteiger charge is -2.02. The van der Waals surface area contributed by atoms with Crippen LogP contribution < -0.4 is 5.72 Å². The molecule has 1 aromatic rings. The van der Waals surface area contributed by atoms with Gasteiger partial charge >= 0.3 is 0 Å². The van der Waals surface area contributed by atoms with Gasteiger partial charge in [0.15, 0.2) is 0 Å². The third-order valence-electron chi connectivity index (χ3n) is 1.30. The first kappa shape index (κ1) is 6.04. The molecular formula is C9H14ClN. The Morgan fingerprint density at radius 2 is 2.18 bits per heavy atom. The van der Waals surface area contributed by atoms with E-state index >= 15 is 0 Å². The summed E-state index contributed by atoms with van der Waals surface area (Å²) in [6.07, 6.45) is 0.390. The summed E-state index contributed by atoms with van der Waals surface area (Å²) in [6.45, 7) is 1.56. The Hall–Kier alpha value is -0.530. The van der Waals surface area contributed by atoms with Crippen LogP contribution in [0.1, 0.15) is 13.9 Å². The molecular weight excluding hydrogens is 158 g/mol. The molecule has 0 heterocycles. The highest BCUT2D eigenvalue weighted by molar-refractivity contribution is 5.85. The lowest BCUT2D eigenvalue weighted by atomic mass is 10.1. The maximum Gasteiger partial charge on any atom is 0.119 e. The summed E-state index contributed by atoms with van der Waals surface area (Å²) in [7, 11) is 0. The summed E-state index contributed by atoms with van der Waals surface area (Å²) in [5.41, 5.74) is 1.41. The fraction of sp³-hybridized carbons (Fsp3) is 0.333. The quantitative estimate of drug-likeness (QED) is 0.746. The van der Waals surface area contributed by atoms with E-state index in [9.17, 15) is 0 Å². The van der Waals surface area contributed by atoms with Crippen molar-refractivity contribution in [3.63, 3.8) is 0 Å². The highest BCUT2D eigenvalue weighted by Gasteiger charge is 1.94. The van der Waals surface area contributed by atoms with Crippen LogP contribution >= 0.6 is 12.4 Å². The topological polar surface area (TPSA) is 26.0 Å². The molecule has 0 fully saturated rings. The van der Waals surface area contributed by atoms with Gasteiger partial charge in [0, 0.05) is 7.39 Å². The molecule has 0 radical (unpaired) electrons. The maximum atomic E-state index is 7.67. The van der Waals surface area contributed by atoms with Crippen LogP contribution in [0.2, 0.25) is 2.82 Å². The Labute approximate surface area is 78.4 Å². The van der Waals surface area contributed by atoms with E-state index in [0.29, 0.717) is 12.1 Å². The largest absolute Gasteiger partial charge is 0.328 e. The second-order valence-electron chi connectivity index (χ2n) is 2.40. The van der Waals surface area contributed by atoms with E-state index in [1.807, 2.05) is 30.3 Å². The minimum atomic E-state index is -1.18. The molecule has 62 valence electrons. The van der Waals surface area contributed by atoms with Crippen molar-refractivity contribution in [2.75, 3.05) is 0 Å². The molecule has 0 bridgehead atoms. The van der Waals surface area contributed by atoms with Gasteiger partial charge in [0.25, 0.3) is 0 Å². The highest BCUT2D eigenvalue weighted by Crippen LogP contribution is 2.00. The van der Waals surface area contributed by atoms with Crippen molar-refractivity contribution in [3.8, 4) is 0 Å². The van der Waals surface area contributed by atoms with Gasteiger partial charge in [-0.15, -0.1) is 12.4 Å². The van der Waals surface area contributed by atoms with Crippen LogP contribution in [0, 0.1) is 0 Å². The smallest absolute Gasteiger partial charge is 0.119 e. The third kappa shape index (κ3) is 4.02. The van der Waals surface area contributed by atoms with Crippen molar-refractivity contribution in [2.45, 2.75) is 19.4 Å². The van der Waals surface area contributed by atoms with Gasteiger partial charge in [-0.3, -0.25) is 0 Å². The lowest BCUT2D eigenvalue weighted by Crippen LogP contribution is -2.17. The molecule has 0 saturated carbocycles. The summed E-state index contributed by atoms with van der Waals surface area (Å²) < 4.78 is 21.8. The number of halogens is 1.